The molecular weight excluding hydrogens is 393 g/mol. The summed E-state index contributed by atoms with van der Waals surface area (Å²) in [6.45, 7) is 1.06. The quantitative estimate of drug-likeness (QED) is 0.711. The van der Waals surface area contributed by atoms with Crippen LogP contribution >= 0.6 is 15.9 Å². The summed E-state index contributed by atoms with van der Waals surface area (Å²) in [6, 6.07) is 13.1. The fourth-order valence-electron chi connectivity index (χ4n) is 2.02. The summed E-state index contributed by atoms with van der Waals surface area (Å²) in [7, 11) is 0. The number of rotatable bonds is 7. The van der Waals surface area contributed by atoms with Gasteiger partial charge in [-0.15, -0.1) is 0 Å². The van der Waals surface area contributed by atoms with Gasteiger partial charge < -0.3 is 14.8 Å². The third-order valence-corrected chi connectivity index (χ3v) is 3.90. The molecule has 0 aliphatic rings. The van der Waals surface area contributed by atoms with Gasteiger partial charge in [-0.1, -0.05) is 30.3 Å². The van der Waals surface area contributed by atoms with Crippen LogP contribution in [0.5, 0.6) is 5.75 Å². The lowest BCUT2D eigenvalue weighted by atomic mass is 10.1. The van der Waals surface area contributed by atoms with Crippen molar-refractivity contribution in [2.45, 2.75) is 13.0 Å². The molecule has 2 aromatic rings. The molecule has 0 unspecified atom stereocenters. The number of halogens is 2. The van der Waals surface area contributed by atoms with E-state index >= 15 is 0 Å². The highest BCUT2D eigenvalue weighted by molar-refractivity contribution is 9.10. The first-order chi connectivity index (χ1) is 12.0. The van der Waals surface area contributed by atoms with E-state index in [2.05, 4.69) is 21.2 Å². The lowest BCUT2D eigenvalue weighted by molar-refractivity contribution is -0.150. The van der Waals surface area contributed by atoms with Crippen molar-refractivity contribution in [2.24, 2.45) is 0 Å². The molecule has 0 saturated carbocycles. The Morgan fingerprint density at radius 2 is 1.88 bits per heavy atom. The minimum atomic E-state index is -0.696. The number of esters is 1. The fourth-order valence-corrected chi connectivity index (χ4v) is 2.49. The topological polar surface area (TPSA) is 64.6 Å². The van der Waals surface area contributed by atoms with Crippen LogP contribution in [0.15, 0.2) is 53.0 Å². The van der Waals surface area contributed by atoms with Gasteiger partial charge in [-0.3, -0.25) is 4.79 Å². The molecule has 0 aromatic heterocycles. The Labute approximate surface area is 153 Å². The molecule has 0 fully saturated rings. The summed E-state index contributed by atoms with van der Waals surface area (Å²) in [5.41, 5.74) is 0.951. The second-order valence-corrected chi connectivity index (χ2v) is 6.08. The highest BCUT2D eigenvalue weighted by Gasteiger charge is 2.13. The van der Waals surface area contributed by atoms with E-state index in [1.165, 1.54) is 18.2 Å². The van der Waals surface area contributed by atoms with Crippen LogP contribution in [0.1, 0.15) is 18.5 Å². The average Bonchev–Trinajstić information content (AvgIpc) is 2.60. The Morgan fingerprint density at radius 1 is 1.16 bits per heavy atom. The molecular formula is C18H17BrFNO4. The summed E-state index contributed by atoms with van der Waals surface area (Å²) in [5, 5.41) is 2.73. The number of carbonyl (C=O) groups excluding carboxylic acids is 2. The molecule has 0 radical (unpaired) electrons. The Morgan fingerprint density at radius 3 is 2.56 bits per heavy atom. The summed E-state index contributed by atoms with van der Waals surface area (Å²) in [6.07, 6.45) is 0. The molecule has 0 aliphatic heterocycles. The highest BCUT2D eigenvalue weighted by Crippen LogP contribution is 2.25. The van der Waals surface area contributed by atoms with Gasteiger partial charge in [0.15, 0.2) is 13.2 Å². The monoisotopic (exact) mass is 409 g/mol. The fraction of sp³-hybridized carbons (Fsp3) is 0.222. The van der Waals surface area contributed by atoms with Crippen molar-refractivity contribution in [1.29, 1.82) is 0 Å². The van der Waals surface area contributed by atoms with Gasteiger partial charge in [0.05, 0.1) is 10.5 Å². The number of benzene rings is 2. The second-order valence-electron chi connectivity index (χ2n) is 5.22. The summed E-state index contributed by atoms with van der Waals surface area (Å²) in [4.78, 5) is 23.5. The van der Waals surface area contributed by atoms with Crippen molar-refractivity contribution in [1.82, 2.24) is 5.32 Å². The van der Waals surface area contributed by atoms with Crippen molar-refractivity contribution in [3.8, 4) is 5.75 Å². The predicted octanol–water partition coefficient (Wildman–Crippen LogP) is 3.39. The third kappa shape index (κ3) is 6.19. The van der Waals surface area contributed by atoms with Gasteiger partial charge in [0.1, 0.15) is 11.6 Å². The predicted molar refractivity (Wildman–Crippen MR) is 93.6 cm³/mol. The summed E-state index contributed by atoms with van der Waals surface area (Å²) >= 11 is 3.13. The second kappa shape index (κ2) is 9.17. The minimum absolute atomic E-state index is 0.196. The number of hydrogen-bond donors (Lipinski definition) is 1. The molecule has 7 heteroatoms. The Hall–Kier alpha value is -2.41. The summed E-state index contributed by atoms with van der Waals surface area (Å²) in [5.74, 6) is -1.22. The number of carbonyl (C=O) groups is 2. The molecule has 0 spiro atoms. The Bertz CT molecular complexity index is 739. The van der Waals surface area contributed by atoms with Crippen LogP contribution in [0, 0.1) is 5.82 Å². The van der Waals surface area contributed by atoms with Crippen LogP contribution < -0.4 is 10.1 Å². The zero-order valence-corrected chi connectivity index (χ0v) is 15.1. The lowest BCUT2D eigenvalue weighted by Crippen LogP contribution is -2.31. The molecule has 0 bridgehead atoms. The van der Waals surface area contributed by atoms with Gasteiger partial charge in [-0.25, -0.2) is 9.18 Å². The molecule has 2 aromatic carbocycles. The van der Waals surface area contributed by atoms with E-state index in [0.717, 1.165) is 5.56 Å². The van der Waals surface area contributed by atoms with Gasteiger partial charge >= 0.3 is 5.97 Å². The summed E-state index contributed by atoms with van der Waals surface area (Å²) < 4.78 is 23.4. The number of nitrogens with one attached hydrogen (secondary N) is 1. The van der Waals surface area contributed by atoms with Crippen molar-refractivity contribution in [3.63, 3.8) is 0 Å². The molecule has 1 amide bonds. The van der Waals surface area contributed by atoms with Gasteiger partial charge in [0, 0.05) is 0 Å². The molecule has 2 rings (SSSR count). The van der Waals surface area contributed by atoms with Gasteiger partial charge in [-0.2, -0.15) is 0 Å². The highest BCUT2D eigenvalue weighted by atomic mass is 79.9. The van der Waals surface area contributed by atoms with E-state index < -0.39 is 24.3 Å². The van der Waals surface area contributed by atoms with Gasteiger partial charge in [0.2, 0.25) is 0 Å². The van der Waals surface area contributed by atoms with Crippen molar-refractivity contribution < 1.29 is 23.5 Å². The van der Waals surface area contributed by atoms with E-state index in [9.17, 15) is 14.0 Å². The molecule has 1 N–H and O–H groups in total. The zero-order chi connectivity index (χ0) is 18.2. The first-order valence-electron chi connectivity index (χ1n) is 7.53. The molecule has 5 nitrogen and oxygen atoms in total. The minimum Gasteiger partial charge on any atom is -0.481 e. The van der Waals surface area contributed by atoms with Crippen LogP contribution in [-0.2, 0) is 14.3 Å². The smallest absolute Gasteiger partial charge is 0.344 e. The average molecular weight is 410 g/mol. The maximum Gasteiger partial charge on any atom is 0.344 e. The maximum absolute atomic E-state index is 13.0. The van der Waals surface area contributed by atoms with E-state index in [0.29, 0.717) is 10.2 Å². The first kappa shape index (κ1) is 18.9. The van der Waals surface area contributed by atoms with Crippen LogP contribution in [0.2, 0.25) is 0 Å². The van der Waals surface area contributed by atoms with Crippen LogP contribution in [-0.4, -0.2) is 25.1 Å². The maximum atomic E-state index is 13.0. The van der Waals surface area contributed by atoms with E-state index in [1.54, 1.807) is 0 Å². The normalized spacial score (nSPS) is 11.5. The van der Waals surface area contributed by atoms with Crippen LogP contribution in [0.3, 0.4) is 0 Å². The third-order valence-electron chi connectivity index (χ3n) is 3.28. The van der Waals surface area contributed by atoms with Crippen molar-refractivity contribution >= 4 is 27.8 Å². The molecule has 132 valence electrons. The standard InChI is InChI=1S/C18H17BrFNO4/c1-12(13-5-3-2-4-6-13)21-17(22)10-25-18(23)11-24-16-8-7-14(20)9-15(16)19/h2-9,12H,10-11H2,1H3,(H,21,22)/t12-/m1/s1. The van der Waals surface area contributed by atoms with Crippen molar-refractivity contribution in [2.75, 3.05) is 13.2 Å². The van der Waals surface area contributed by atoms with Crippen molar-refractivity contribution in [3.05, 3.63) is 64.4 Å². The number of amides is 1. The molecule has 0 saturated heterocycles. The Balaban J connectivity index is 1.73. The van der Waals surface area contributed by atoms with E-state index in [1.807, 2.05) is 37.3 Å². The molecule has 1 atom stereocenters. The zero-order valence-electron chi connectivity index (χ0n) is 13.5. The van der Waals surface area contributed by atoms with Crippen LogP contribution in [0.25, 0.3) is 0 Å². The Kier molecular flexibility index (Phi) is 6.94. The van der Waals surface area contributed by atoms with E-state index in [4.69, 9.17) is 9.47 Å². The number of hydrogen-bond acceptors (Lipinski definition) is 4. The molecule has 0 aliphatic carbocycles. The molecule has 0 heterocycles. The van der Waals surface area contributed by atoms with E-state index in [-0.39, 0.29) is 12.6 Å². The number of ether oxygens (including phenoxy) is 2. The first-order valence-corrected chi connectivity index (χ1v) is 8.33. The lowest BCUT2D eigenvalue weighted by Gasteiger charge is -2.14. The molecule has 25 heavy (non-hydrogen) atoms. The van der Waals surface area contributed by atoms with Crippen LogP contribution in [0.4, 0.5) is 4.39 Å². The van der Waals surface area contributed by atoms with Gasteiger partial charge in [-0.05, 0) is 46.6 Å². The largest absolute Gasteiger partial charge is 0.481 e. The van der Waals surface area contributed by atoms with Gasteiger partial charge in [0.25, 0.3) is 5.91 Å². The SMILES string of the molecule is C[C@@H](NC(=O)COC(=O)COc1ccc(F)cc1Br)c1ccccc1.